The van der Waals surface area contributed by atoms with Crippen LogP contribution in [0.3, 0.4) is 0 Å². The summed E-state index contributed by atoms with van der Waals surface area (Å²) < 4.78 is 0. The van der Waals surface area contributed by atoms with Gasteiger partial charge >= 0.3 is 0 Å². The number of nitrogens with one attached hydrogen (secondary N) is 1. The summed E-state index contributed by atoms with van der Waals surface area (Å²) in [5.41, 5.74) is 12.1. The van der Waals surface area contributed by atoms with Gasteiger partial charge in [0.1, 0.15) is 17.3 Å². The van der Waals surface area contributed by atoms with Gasteiger partial charge in [-0.3, -0.25) is 5.73 Å². The Hall–Kier alpha value is -2.34. The molecule has 3 N–H and O–H groups in total. The largest absolute Gasteiger partial charge is 0.289 e. The average molecular weight is 294 g/mol. The molecule has 0 aliphatic heterocycles. The van der Waals surface area contributed by atoms with Gasteiger partial charge in [-0.15, -0.1) is 0 Å². The fourth-order valence-electron chi connectivity index (χ4n) is 2.76. The van der Waals surface area contributed by atoms with E-state index in [1.54, 1.807) is 0 Å². The Bertz CT molecular complexity index is 728. The second kappa shape index (κ2) is 5.81. The van der Waals surface area contributed by atoms with Crippen LogP contribution in [0.25, 0.3) is 11.1 Å². The topological polar surface area (TPSA) is 63.9 Å². The molecule has 0 atom stereocenters. The smallest absolute Gasteiger partial charge is 0.286 e. The monoisotopic (exact) mass is 294 g/mol. The van der Waals surface area contributed by atoms with Gasteiger partial charge in [0.2, 0.25) is 0 Å². The maximum absolute atomic E-state index is 9.48. The Morgan fingerprint density at radius 2 is 1.77 bits per heavy atom. The lowest BCUT2D eigenvalue weighted by Gasteiger charge is -2.19. The molecule has 0 bridgehead atoms. The predicted octanol–water partition coefficient (Wildman–Crippen LogP) is 3.79. The molecule has 0 amide bonds. The number of hydrogen-bond acceptors (Lipinski definition) is 2. The van der Waals surface area contributed by atoms with Crippen LogP contribution in [-0.2, 0) is 11.8 Å². The number of aromatic amines is 1. The van der Waals surface area contributed by atoms with E-state index in [9.17, 15) is 5.26 Å². The van der Waals surface area contributed by atoms with Crippen LogP contribution >= 0.6 is 0 Å². The number of benzene rings is 1. The molecule has 114 valence electrons. The van der Waals surface area contributed by atoms with Crippen LogP contribution in [0.1, 0.15) is 50.1 Å². The van der Waals surface area contributed by atoms with Crippen LogP contribution in [0.15, 0.2) is 24.3 Å². The Morgan fingerprint density at radius 1 is 1.18 bits per heavy atom. The van der Waals surface area contributed by atoms with Crippen molar-refractivity contribution in [2.45, 2.75) is 46.5 Å². The summed E-state index contributed by atoms with van der Waals surface area (Å²) in [6.45, 7) is 10.7. The van der Waals surface area contributed by atoms with Gasteiger partial charge in [0.15, 0.2) is 0 Å². The van der Waals surface area contributed by atoms with E-state index in [1.807, 2.05) is 6.92 Å². The van der Waals surface area contributed by atoms with E-state index in [4.69, 9.17) is 5.73 Å². The van der Waals surface area contributed by atoms with Crippen LogP contribution < -0.4 is 10.7 Å². The van der Waals surface area contributed by atoms with E-state index >= 15 is 0 Å². The Morgan fingerprint density at radius 3 is 2.23 bits per heavy atom. The summed E-state index contributed by atoms with van der Waals surface area (Å²) in [4.78, 5) is 3.15. The van der Waals surface area contributed by atoms with Crippen LogP contribution in [0.2, 0.25) is 0 Å². The summed E-state index contributed by atoms with van der Waals surface area (Å²) >= 11 is 0. The molecule has 0 aliphatic carbocycles. The fraction of sp³-hybridized carbons (Fsp3) is 0.368. The summed E-state index contributed by atoms with van der Waals surface area (Å²) in [6.07, 6.45) is 0.856. The molecule has 0 aliphatic rings. The minimum atomic E-state index is 0.115. The molecular formula is C19H24N3+. The molecule has 22 heavy (non-hydrogen) atoms. The van der Waals surface area contributed by atoms with E-state index < -0.39 is 0 Å². The first-order chi connectivity index (χ1) is 10.3. The third-order valence-electron chi connectivity index (χ3n) is 4.14. The lowest BCUT2D eigenvalue weighted by molar-refractivity contribution is -0.373. The van der Waals surface area contributed by atoms with Gasteiger partial charge in [-0.25, -0.2) is 4.98 Å². The zero-order valence-corrected chi connectivity index (χ0v) is 14.0. The van der Waals surface area contributed by atoms with Crippen LogP contribution in [-0.4, -0.2) is 0 Å². The van der Waals surface area contributed by atoms with Gasteiger partial charge in [0.25, 0.3) is 5.82 Å². The van der Waals surface area contributed by atoms with Gasteiger partial charge in [-0.05, 0) is 23.5 Å². The van der Waals surface area contributed by atoms with Gasteiger partial charge in [0.05, 0.1) is 0 Å². The minimum Gasteiger partial charge on any atom is -0.286 e. The maximum atomic E-state index is 9.48. The Kier molecular flexibility index (Phi) is 4.23. The fourth-order valence-corrected chi connectivity index (χ4v) is 2.76. The second-order valence-corrected chi connectivity index (χ2v) is 6.68. The molecule has 1 aromatic heterocycles. The standard InChI is InChI=1S/C19H23N3/c1-6-16-12(2)17(15(11-20)18(21)22-16)13-7-9-14(10-8-13)19(3,4)5/h7-10H,6H2,1-5H3,(H2,21,22)/p+1. The summed E-state index contributed by atoms with van der Waals surface area (Å²) in [5, 5.41) is 9.48. The van der Waals surface area contributed by atoms with Gasteiger partial charge in [-0.2, -0.15) is 5.26 Å². The number of nitrogen functional groups attached to an aromatic ring is 1. The molecular weight excluding hydrogens is 270 g/mol. The number of pyridine rings is 1. The minimum absolute atomic E-state index is 0.115. The molecule has 2 aromatic rings. The zero-order chi connectivity index (χ0) is 16.5. The number of nitriles is 1. The maximum Gasteiger partial charge on any atom is 0.289 e. The number of nitrogens with zero attached hydrogens (tertiary/aromatic N) is 1. The molecule has 0 radical (unpaired) electrons. The van der Waals surface area contributed by atoms with Crippen molar-refractivity contribution in [1.82, 2.24) is 0 Å². The molecule has 3 nitrogen and oxygen atoms in total. The highest BCUT2D eigenvalue weighted by Gasteiger charge is 2.20. The Balaban J connectivity index is 2.67. The van der Waals surface area contributed by atoms with Crippen molar-refractivity contribution in [3.8, 4) is 17.2 Å². The molecule has 0 saturated carbocycles. The van der Waals surface area contributed by atoms with Gasteiger partial charge in [0, 0.05) is 17.5 Å². The number of rotatable bonds is 2. The van der Waals surface area contributed by atoms with Crippen LogP contribution in [0.4, 0.5) is 5.82 Å². The lowest BCUT2D eigenvalue weighted by Crippen LogP contribution is -2.20. The second-order valence-electron chi connectivity index (χ2n) is 6.68. The highest BCUT2D eigenvalue weighted by molar-refractivity contribution is 5.77. The first-order valence-corrected chi connectivity index (χ1v) is 7.64. The Labute approximate surface area is 132 Å². The third kappa shape index (κ3) is 2.82. The number of H-pyrrole nitrogens is 1. The van der Waals surface area contributed by atoms with E-state index in [1.165, 1.54) is 5.56 Å². The molecule has 2 rings (SSSR count). The van der Waals surface area contributed by atoms with E-state index in [-0.39, 0.29) is 5.41 Å². The van der Waals surface area contributed by atoms with Crippen molar-refractivity contribution in [2.75, 3.05) is 5.73 Å². The number of hydrogen-bond donors (Lipinski definition) is 1. The van der Waals surface area contributed by atoms with E-state index in [0.717, 1.165) is 28.8 Å². The summed E-state index contributed by atoms with van der Waals surface area (Å²) in [6, 6.07) is 10.7. The van der Waals surface area contributed by atoms with Crippen molar-refractivity contribution < 1.29 is 4.98 Å². The van der Waals surface area contributed by atoms with Crippen LogP contribution in [0.5, 0.6) is 0 Å². The average Bonchev–Trinajstić information content (AvgIpc) is 2.48. The van der Waals surface area contributed by atoms with Crippen molar-refractivity contribution >= 4 is 5.82 Å². The molecule has 0 fully saturated rings. The quantitative estimate of drug-likeness (QED) is 0.915. The molecule has 0 saturated heterocycles. The SMILES string of the molecule is CCc1[nH+]c(N)c(C#N)c(-c2ccc(C(C)(C)C)cc2)c1C. The summed E-state index contributed by atoms with van der Waals surface area (Å²) in [5.74, 6) is 0.444. The van der Waals surface area contributed by atoms with E-state index in [2.05, 4.69) is 63.0 Å². The first kappa shape index (κ1) is 16.0. The molecule has 0 spiro atoms. The lowest BCUT2D eigenvalue weighted by atomic mass is 9.85. The predicted molar refractivity (Wildman–Crippen MR) is 90.4 cm³/mol. The first-order valence-electron chi connectivity index (χ1n) is 7.64. The zero-order valence-electron chi connectivity index (χ0n) is 14.0. The summed E-state index contributed by atoms with van der Waals surface area (Å²) in [7, 11) is 0. The highest BCUT2D eigenvalue weighted by Crippen LogP contribution is 2.32. The molecule has 1 heterocycles. The number of nitrogens with two attached hydrogens (primary N) is 1. The van der Waals surface area contributed by atoms with Crippen molar-refractivity contribution in [2.24, 2.45) is 0 Å². The van der Waals surface area contributed by atoms with Gasteiger partial charge in [-0.1, -0.05) is 52.0 Å². The van der Waals surface area contributed by atoms with Gasteiger partial charge < -0.3 is 0 Å². The van der Waals surface area contributed by atoms with Crippen molar-refractivity contribution in [3.63, 3.8) is 0 Å². The van der Waals surface area contributed by atoms with Crippen molar-refractivity contribution in [1.29, 1.82) is 5.26 Å². The molecule has 3 heteroatoms. The van der Waals surface area contributed by atoms with Crippen molar-refractivity contribution in [3.05, 3.63) is 46.6 Å². The number of aryl methyl sites for hydroxylation is 1. The normalized spacial score (nSPS) is 11.3. The molecule has 0 unspecified atom stereocenters. The number of aromatic nitrogens is 1. The van der Waals surface area contributed by atoms with Crippen LogP contribution in [0, 0.1) is 18.3 Å². The molecule has 1 aromatic carbocycles. The van der Waals surface area contributed by atoms with E-state index in [0.29, 0.717) is 11.4 Å². The highest BCUT2D eigenvalue weighted by atomic mass is 14.8. The third-order valence-corrected chi connectivity index (χ3v) is 4.14. The number of anilines is 1.